The Kier molecular flexibility index (Phi) is 5.89. The summed E-state index contributed by atoms with van der Waals surface area (Å²) in [6.07, 6.45) is 0. The molecule has 0 fully saturated rings. The second-order valence-electron chi connectivity index (χ2n) is 11.7. The maximum Gasteiger partial charge on any atom is 0.0546 e. The van der Waals surface area contributed by atoms with E-state index >= 15 is 0 Å². The van der Waals surface area contributed by atoms with Gasteiger partial charge in [-0.25, -0.2) is 0 Å². The second-order valence-corrected chi connectivity index (χ2v) is 11.7. The van der Waals surface area contributed by atoms with Gasteiger partial charge in [0.2, 0.25) is 0 Å². The monoisotopic (exact) mass is 571 g/mol. The van der Waals surface area contributed by atoms with Crippen LogP contribution in [-0.4, -0.2) is 0 Å². The van der Waals surface area contributed by atoms with Crippen molar-refractivity contribution in [2.45, 2.75) is 0 Å². The fourth-order valence-corrected chi connectivity index (χ4v) is 7.11. The molecule has 1 nitrogen and oxygen atoms in total. The summed E-state index contributed by atoms with van der Waals surface area (Å²) in [5, 5.41) is 12.7. The SMILES string of the molecule is c1ccc(N(c2ccc(-c3cc4ccccc4c4ccccc34)cc2)c2cc3c4ccccc4ccc3c3ccccc23)cc1. The third-order valence-electron chi connectivity index (χ3n) is 9.20. The molecule has 0 spiro atoms. The van der Waals surface area contributed by atoms with Crippen molar-refractivity contribution >= 4 is 70.9 Å². The van der Waals surface area contributed by atoms with E-state index in [1.54, 1.807) is 0 Å². The van der Waals surface area contributed by atoms with Crippen LogP contribution in [-0.2, 0) is 0 Å². The first kappa shape index (κ1) is 25.6. The van der Waals surface area contributed by atoms with E-state index in [2.05, 4.69) is 181 Å². The van der Waals surface area contributed by atoms with Gasteiger partial charge in [-0.15, -0.1) is 0 Å². The van der Waals surface area contributed by atoms with Crippen molar-refractivity contribution < 1.29 is 0 Å². The second kappa shape index (κ2) is 10.4. The van der Waals surface area contributed by atoms with Gasteiger partial charge in [0.15, 0.2) is 0 Å². The summed E-state index contributed by atoms with van der Waals surface area (Å²) in [7, 11) is 0. The van der Waals surface area contributed by atoms with Crippen LogP contribution in [0.4, 0.5) is 17.1 Å². The lowest BCUT2D eigenvalue weighted by Crippen LogP contribution is -2.10. The highest BCUT2D eigenvalue weighted by atomic mass is 15.1. The Bertz CT molecular complexity index is 2530. The van der Waals surface area contributed by atoms with E-state index < -0.39 is 0 Å². The van der Waals surface area contributed by atoms with Crippen molar-refractivity contribution in [3.05, 3.63) is 176 Å². The van der Waals surface area contributed by atoms with Gasteiger partial charge in [-0.05, 0) is 96.0 Å². The Labute approximate surface area is 262 Å². The van der Waals surface area contributed by atoms with Crippen LogP contribution in [0.1, 0.15) is 0 Å². The number of anilines is 3. The normalized spacial score (nSPS) is 11.6. The minimum atomic E-state index is 1.12. The summed E-state index contributed by atoms with van der Waals surface area (Å²) in [5.74, 6) is 0. The fraction of sp³-hybridized carbons (Fsp3) is 0. The molecule has 0 atom stereocenters. The highest BCUT2D eigenvalue weighted by Gasteiger charge is 2.18. The van der Waals surface area contributed by atoms with Crippen LogP contribution >= 0.6 is 0 Å². The summed E-state index contributed by atoms with van der Waals surface area (Å²) in [6, 6.07) is 64.0. The first-order valence-corrected chi connectivity index (χ1v) is 15.5. The largest absolute Gasteiger partial charge is 0.310 e. The molecule has 9 aromatic carbocycles. The molecule has 0 saturated carbocycles. The smallest absolute Gasteiger partial charge is 0.0546 e. The van der Waals surface area contributed by atoms with E-state index in [-0.39, 0.29) is 0 Å². The van der Waals surface area contributed by atoms with Crippen LogP contribution in [0.3, 0.4) is 0 Å². The van der Waals surface area contributed by atoms with Crippen molar-refractivity contribution in [1.29, 1.82) is 0 Å². The minimum absolute atomic E-state index is 1.12. The molecule has 9 rings (SSSR count). The van der Waals surface area contributed by atoms with Crippen molar-refractivity contribution in [2.24, 2.45) is 0 Å². The molecule has 0 saturated heterocycles. The molecule has 0 unspecified atom stereocenters. The average molecular weight is 572 g/mol. The Morgan fingerprint density at radius 2 is 0.800 bits per heavy atom. The van der Waals surface area contributed by atoms with Gasteiger partial charge in [0.25, 0.3) is 0 Å². The van der Waals surface area contributed by atoms with Gasteiger partial charge in [-0.1, -0.05) is 140 Å². The molecule has 0 heterocycles. The molecule has 0 radical (unpaired) electrons. The zero-order valence-corrected chi connectivity index (χ0v) is 24.7. The Morgan fingerprint density at radius 1 is 0.289 bits per heavy atom. The van der Waals surface area contributed by atoms with Crippen LogP contribution in [0.15, 0.2) is 176 Å². The molecule has 0 aromatic heterocycles. The predicted molar refractivity (Wildman–Crippen MR) is 194 cm³/mol. The summed E-state index contributed by atoms with van der Waals surface area (Å²) in [6.45, 7) is 0. The average Bonchev–Trinajstić information content (AvgIpc) is 3.12. The van der Waals surface area contributed by atoms with Crippen LogP contribution in [0.2, 0.25) is 0 Å². The first-order valence-electron chi connectivity index (χ1n) is 15.5. The van der Waals surface area contributed by atoms with E-state index in [0.717, 1.165) is 11.4 Å². The van der Waals surface area contributed by atoms with Crippen molar-refractivity contribution in [2.75, 3.05) is 4.90 Å². The Hall–Kier alpha value is -5.92. The summed E-state index contributed by atoms with van der Waals surface area (Å²) in [4.78, 5) is 2.41. The molecule has 45 heavy (non-hydrogen) atoms. The van der Waals surface area contributed by atoms with E-state index in [1.807, 2.05) is 0 Å². The molecule has 0 aliphatic rings. The molecule has 9 aromatic rings. The zero-order chi connectivity index (χ0) is 29.7. The molecular weight excluding hydrogens is 542 g/mol. The molecule has 0 aliphatic carbocycles. The third kappa shape index (κ3) is 4.17. The van der Waals surface area contributed by atoms with Gasteiger partial charge >= 0.3 is 0 Å². The quantitative estimate of drug-likeness (QED) is 0.190. The Morgan fingerprint density at radius 3 is 1.53 bits per heavy atom. The molecule has 0 bridgehead atoms. The topological polar surface area (TPSA) is 3.24 Å². The molecular formula is C44H29N. The lowest BCUT2D eigenvalue weighted by molar-refractivity contribution is 1.30. The van der Waals surface area contributed by atoms with Crippen molar-refractivity contribution in [1.82, 2.24) is 0 Å². The maximum absolute atomic E-state index is 2.41. The number of hydrogen-bond acceptors (Lipinski definition) is 1. The highest BCUT2D eigenvalue weighted by molar-refractivity contribution is 6.21. The number of para-hydroxylation sites is 1. The van der Waals surface area contributed by atoms with E-state index in [1.165, 1.54) is 70.7 Å². The summed E-state index contributed by atoms with van der Waals surface area (Å²) < 4.78 is 0. The van der Waals surface area contributed by atoms with E-state index in [4.69, 9.17) is 0 Å². The molecule has 0 aliphatic heterocycles. The van der Waals surface area contributed by atoms with Crippen LogP contribution in [0, 0.1) is 0 Å². The van der Waals surface area contributed by atoms with Gasteiger partial charge in [-0.3, -0.25) is 0 Å². The zero-order valence-electron chi connectivity index (χ0n) is 24.7. The fourth-order valence-electron chi connectivity index (χ4n) is 7.11. The molecule has 0 amide bonds. The number of nitrogens with zero attached hydrogens (tertiary/aromatic N) is 1. The van der Waals surface area contributed by atoms with Crippen molar-refractivity contribution in [3.63, 3.8) is 0 Å². The number of rotatable bonds is 4. The van der Waals surface area contributed by atoms with E-state index in [9.17, 15) is 0 Å². The third-order valence-corrected chi connectivity index (χ3v) is 9.20. The van der Waals surface area contributed by atoms with Crippen LogP contribution in [0.5, 0.6) is 0 Å². The van der Waals surface area contributed by atoms with Gasteiger partial charge in [0.05, 0.1) is 5.69 Å². The molecule has 0 N–H and O–H groups in total. The first-order chi connectivity index (χ1) is 22.3. The lowest BCUT2D eigenvalue weighted by atomic mass is 9.93. The number of hydrogen-bond donors (Lipinski definition) is 0. The van der Waals surface area contributed by atoms with Gasteiger partial charge < -0.3 is 4.90 Å². The summed E-state index contributed by atoms with van der Waals surface area (Å²) >= 11 is 0. The predicted octanol–water partition coefficient (Wildman–Crippen LogP) is 12.6. The standard InChI is InChI=1S/C44H29N/c1-2-14-33(15-3-1)45(44-29-43-35-16-6-4-12-30(35)24-27-40(43)38-19-10-11-21-41(38)44)34-25-22-31(23-26-34)42-28-32-13-5-7-17-36(32)37-18-8-9-20-39(37)42/h1-29H. The number of fused-ring (bicyclic) bond motifs is 8. The van der Waals surface area contributed by atoms with Gasteiger partial charge in [-0.2, -0.15) is 0 Å². The Balaban J connectivity index is 1.27. The van der Waals surface area contributed by atoms with E-state index in [0.29, 0.717) is 0 Å². The minimum Gasteiger partial charge on any atom is -0.310 e. The van der Waals surface area contributed by atoms with Crippen LogP contribution in [0.25, 0.3) is 65.0 Å². The highest BCUT2D eigenvalue weighted by Crippen LogP contribution is 2.44. The van der Waals surface area contributed by atoms with Crippen LogP contribution < -0.4 is 4.90 Å². The summed E-state index contributed by atoms with van der Waals surface area (Å²) in [5.41, 5.74) is 5.89. The molecule has 1 heteroatoms. The van der Waals surface area contributed by atoms with Gasteiger partial charge in [0.1, 0.15) is 0 Å². The number of benzene rings is 9. The lowest BCUT2D eigenvalue weighted by Gasteiger charge is -2.28. The maximum atomic E-state index is 2.41. The molecule has 210 valence electrons. The van der Waals surface area contributed by atoms with Crippen molar-refractivity contribution in [3.8, 4) is 11.1 Å². The van der Waals surface area contributed by atoms with Gasteiger partial charge in [0, 0.05) is 16.8 Å².